The SMILES string of the molecule is CCOC(=O)N1CCN(Cc2ccn(Cc3cccc(OC)c3OC)c(=O)c2O)CC1. The highest BCUT2D eigenvalue weighted by Crippen LogP contribution is 2.31. The van der Waals surface area contributed by atoms with Crippen molar-refractivity contribution < 1.29 is 24.1 Å². The molecule has 3 rings (SSSR count). The second-order valence-electron chi connectivity index (χ2n) is 7.24. The topological polar surface area (TPSA) is 93.5 Å². The minimum atomic E-state index is -0.465. The third-order valence-electron chi connectivity index (χ3n) is 5.34. The van der Waals surface area contributed by atoms with Crippen LogP contribution in [-0.4, -0.2) is 72.6 Å². The van der Waals surface area contributed by atoms with E-state index in [4.69, 9.17) is 14.2 Å². The Morgan fingerprint density at radius 3 is 2.42 bits per heavy atom. The number of benzene rings is 1. The van der Waals surface area contributed by atoms with Gasteiger partial charge in [0.25, 0.3) is 5.56 Å². The number of piperazine rings is 1. The van der Waals surface area contributed by atoms with Gasteiger partial charge in [-0.2, -0.15) is 0 Å². The first-order valence-corrected chi connectivity index (χ1v) is 10.2. The van der Waals surface area contributed by atoms with Crippen molar-refractivity contribution in [2.45, 2.75) is 20.0 Å². The van der Waals surface area contributed by atoms with Crippen molar-refractivity contribution in [3.05, 3.63) is 51.9 Å². The molecule has 2 aromatic rings. The highest BCUT2D eigenvalue weighted by atomic mass is 16.6. The van der Waals surface area contributed by atoms with E-state index >= 15 is 0 Å². The van der Waals surface area contributed by atoms with Gasteiger partial charge in [-0.3, -0.25) is 9.69 Å². The predicted octanol–water partition coefficient (Wildman–Crippen LogP) is 1.89. The van der Waals surface area contributed by atoms with Gasteiger partial charge in [0.15, 0.2) is 17.2 Å². The van der Waals surface area contributed by atoms with E-state index in [1.54, 1.807) is 44.4 Å². The number of aromatic hydroxyl groups is 1. The van der Waals surface area contributed by atoms with E-state index in [0.717, 1.165) is 5.56 Å². The molecule has 1 fully saturated rings. The molecule has 1 amide bonds. The van der Waals surface area contributed by atoms with Gasteiger partial charge in [-0.05, 0) is 19.1 Å². The van der Waals surface area contributed by atoms with Crippen LogP contribution in [0.25, 0.3) is 0 Å². The molecule has 0 radical (unpaired) electrons. The third kappa shape index (κ3) is 5.11. The van der Waals surface area contributed by atoms with Crippen molar-refractivity contribution in [1.82, 2.24) is 14.4 Å². The number of rotatable bonds is 7. The summed E-state index contributed by atoms with van der Waals surface area (Å²) < 4.78 is 17.2. The Morgan fingerprint density at radius 2 is 1.77 bits per heavy atom. The molecular formula is C22H29N3O6. The van der Waals surface area contributed by atoms with Gasteiger partial charge in [-0.25, -0.2) is 4.79 Å². The lowest BCUT2D eigenvalue weighted by Gasteiger charge is -2.34. The zero-order valence-electron chi connectivity index (χ0n) is 18.2. The molecule has 1 aliphatic rings. The summed E-state index contributed by atoms with van der Waals surface area (Å²) in [6, 6.07) is 7.21. The van der Waals surface area contributed by atoms with Crippen molar-refractivity contribution in [3.63, 3.8) is 0 Å². The number of amides is 1. The highest BCUT2D eigenvalue weighted by Gasteiger charge is 2.23. The largest absolute Gasteiger partial charge is 0.503 e. The molecule has 1 aromatic carbocycles. The van der Waals surface area contributed by atoms with Crippen LogP contribution in [0.5, 0.6) is 17.2 Å². The van der Waals surface area contributed by atoms with Gasteiger partial charge in [-0.15, -0.1) is 0 Å². The number of carbonyl (C=O) groups excluding carboxylic acids is 1. The van der Waals surface area contributed by atoms with E-state index in [2.05, 4.69) is 4.90 Å². The maximum atomic E-state index is 12.8. The Labute approximate surface area is 181 Å². The van der Waals surface area contributed by atoms with Gasteiger partial charge in [0.1, 0.15) is 0 Å². The van der Waals surface area contributed by atoms with Crippen molar-refractivity contribution in [1.29, 1.82) is 0 Å². The molecule has 0 aliphatic carbocycles. The number of methoxy groups -OCH3 is 2. The van der Waals surface area contributed by atoms with E-state index in [1.165, 1.54) is 4.57 Å². The summed E-state index contributed by atoms with van der Waals surface area (Å²) in [5, 5.41) is 10.5. The standard InChI is InChI=1S/C22H29N3O6/c1-4-31-22(28)24-12-10-23(11-13-24)14-16-8-9-25(21(27)19(16)26)15-17-6-5-7-18(29-2)20(17)30-3/h5-9,26H,4,10-15H2,1-3H3. The molecule has 0 spiro atoms. The normalized spacial score (nSPS) is 14.4. The van der Waals surface area contributed by atoms with E-state index in [0.29, 0.717) is 56.4 Å². The fourth-order valence-corrected chi connectivity index (χ4v) is 3.66. The van der Waals surface area contributed by atoms with Gasteiger partial charge < -0.3 is 28.8 Å². The van der Waals surface area contributed by atoms with Crippen LogP contribution in [0, 0.1) is 0 Å². The van der Waals surface area contributed by atoms with Gasteiger partial charge in [0, 0.05) is 50.0 Å². The number of carbonyl (C=O) groups is 1. The van der Waals surface area contributed by atoms with E-state index in [1.807, 2.05) is 12.1 Å². The summed E-state index contributed by atoms with van der Waals surface area (Å²) in [5.41, 5.74) is 0.863. The molecule has 31 heavy (non-hydrogen) atoms. The van der Waals surface area contributed by atoms with E-state index < -0.39 is 5.56 Å². The molecule has 0 bridgehead atoms. The molecule has 1 aliphatic heterocycles. The molecule has 0 unspecified atom stereocenters. The number of hydrogen-bond acceptors (Lipinski definition) is 7. The maximum absolute atomic E-state index is 12.8. The second-order valence-corrected chi connectivity index (χ2v) is 7.24. The smallest absolute Gasteiger partial charge is 0.409 e. The monoisotopic (exact) mass is 431 g/mol. The summed E-state index contributed by atoms with van der Waals surface area (Å²) in [7, 11) is 3.10. The summed E-state index contributed by atoms with van der Waals surface area (Å²) >= 11 is 0. The number of hydrogen-bond donors (Lipinski definition) is 1. The molecule has 1 aromatic heterocycles. The molecule has 1 N–H and O–H groups in total. The zero-order chi connectivity index (χ0) is 22.4. The Hall–Kier alpha value is -3.20. The summed E-state index contributed by atoms with van der Waals surface area (Å²) in [6.45, 7) is 5.18. The lowest BCUT2D eigenvalue weighted by Crippen LogP contribution is -2.48. The predicted molar refractivity (Wildman–Crippen MR) is 115 cm³/mol. The van der Waals surface area contributed by atoms with Gasteiger partial charge in [0.05, 0.1) is 27.4 Å². The minimum absolute atomic E-state index is 0.241. The van der Waals surface area contributed by atoms with Crippen molar-refractivity contribution in [2.24, 2.45) is 0 Å². The number of ether oxygens (including phenoxy) is 3. The lowest BCUT2D eigenvalue weighted by atomic mass is 10.1. The second kappa shape index (κ2) is 10.2. The summed E-state index contributed by atoms with van der Waals surface area (Å²) in [5.74, 6) is 0.868. The van der Waals surface area contributed by atoms with Crippen LogP contribution < -0.4 is 15.0 Å². The van der Waals surface area contributed by atoms with Crippen LogP contribution in [0.3, 0.4) is 0 Å². The summed E-state index contributed by atoms with van der Waals surface area (Å²) in [6.07, 6.45) is 1.37. The first kappa shape index (κ1) is 22.5. The van der Waals surface area contributed by atoms with Crippen LogP contribution in [0.1, 0.15) is 18.1 Å². The molecule has 2 heterocycles. The fourth-order valence-electron chi connectivity index (χ4n) is 3.66. The van der Waals surface area contributed by atoms with Gasteiger partial charge in [-0.1, -0.05) is 12.1 Å². The first-order chi connectivity index (χ1) is 15.0. The average Bonchev–Trinajstić information content (AvgIpc) is 2.79. The first-order valence-electron chi connectivity index (χ1n) is 10.2. The van der Waals surface area contributed by atoms with Crippen molar-refractivity contribution in [3.8, 4) is 17.2 Å². The molecule has 0 atom stereocenters. The van der Waals surface area contributed by atoms with Crippen LogP contribution in [0.2, 0.25) is 0 Å². The minimum Gasteiger partial charge on any atom is -0.503 e. The Balaban J connectivity index is 1.69. The molecule has 168 valence electrons. The van der Waals surface area contributed by atoms with E-state index in [9.17, 15) is 14.7 Å². The van der Waals surface area contributed by atoms with Gasteiger partial charge >= 0.3 is 6.09 Å². The average molecular weight is 431 g/mol. The molecule has 0 saturated carbocycles. The molecule has 9 heteroatoms. The van der Waals surface area contributed by atoms with E-state index in [-0.39, 0.29) is 18.4 Å². The number of pyridine rings is 1. The quantitative estimate of drug-likeness (QED) is 0.716. The number of nitrogens with zero attached hydrogens (tertiary/aromatic N) is 3. The lowest BCUT2D eigenvalue weighted by molar-refractivity contribution is 0.0776. The van der Waals surface area contributed by atoms with Crippen LogP contribution in [-0.2, 0) is 17.8 Å². The van der Waals surface area contributed by atoms with Crippen LogP contribution in [0.15, 0.2) is 35.3 Å². The Kier molecular flexibility index (Phi) is 7.41. The highest BCUT2D eigenvalue weighted by molar-refractivity contribution is 5.67. The maximum Gasteiger partial charge on any atom is 0.409 e. The zero-order valence-corrected chi connectivity index (χ0v) is 18.2. The van der Waals surface area contributed by atoms with Crippen molar-refractivity contribution >= 4 is 6.09 Å². The van der Waals surface area contributed by atoms with Crippen LogP contribution in [0.4, 0.5) is 4.79 Å². The third-order valence-corrected chi connectivity index (χ3v) is 5.34. The number of aromatic nitrogens is 1. The Bertz CT molecular complexity index is 966. The van der Waals surface area contributed by atoms with Crippen LogP contribution >= 0.6 is 0 Å². The molecule has 9 nitrogen and oxygen atoms in total. The van der Waals surface area contributed by atoms with Crippen molar-refractivity contribution in [2.75, 3.05) is 47.0 Å². The Morgan fingerprint density at radius 1 is 1.03 bits per heavy atom. The number of para-hydroxylation sites is 1. The van der Waals surface area contributed by atoms with Gasteiger partial charge in [0.2, 0.25) is 0 Å². The summed E-state index contributed by atoms with van der Waals surface area (Å²) in [4.78, 5) is 28.3. The molecular weight excluding hydrogens is 402 g/mol. The molecule has 1 saturated heterocycles. The fraction of sp³-hybridized carbons (Fsp3) is 0.455.